The zero-order chi connectivity index (χ0) is 11.8. The molecule has 0 spiro atoms. The van der Waals surface area contributed by atoms with E-state index < -0.39 is 0 Å². The molecule has 2 aromatic rings. The van der Waals surface area contributed by atoms with Gasteiger partial charge in [-0.25, -0.2) is 9.97 Å². The number of halogens is 1. The average Bonchev–Trinajstić information content (AvgIpc) is 2.77. The van der Waals surface area contributed by atoms with Crippen molar-refractivity contribution in [2.24, 2.45) is 5.92 Å². The van der Waals surface area contributed by atoms with E-state index in [2.05, 4.69) is 21.8 Å². The number of rotatable bonds is 1. The first-order valence-electron chi connectivity index (χ1n) is 5.90. The van der Waals surface area contributed by atoms with E-state index in [0.717, 1.165) is 29.3 Å². The summed E-state index contributed by atoms with van der Waals surface area (Å²) < 4.78 is 0. The number of hydrogen-bond donors (Lipinski definition) is 0. The Labute approximate surface area is 109 Å². The van der Waals surface area contributed by atoms with E-state index in [4.69, 9.17) is 11.6 Å². The molecule has 0 radical (unpaired) electrons. The molecule has 1 fully saturated rings. The van der Waals surface area contributed by atoms with Crippen molar-refractivity contribution in [2.45, 2.75) is 19.8 Å². The van der Waals surface area contributed by atoms with Gasteiger partial charge < -0.3 is 4.90 Å². The lowest BCUT2D eigenvalue weighted by Gasteiger charge is -2.30. The summed E-state index contributed by atoms with van der Waals surface area (Å²) >= 11 is 7.81. The van der Waals surface area contributed by atoms with Crippen molar-refractivity contribution in [1.82, 2.24) is 9.97 Å². The summed E-state index contributed by atoms with van der Waals surface area (Å²) in [5, 5.41) is 3.54. The average molecular weight is 268 g/mol. The Balaban J connectivity index is 1.99. The maximum atomic E-state index is 6.19. The number of aromatic nitrogens is 2. The van der Waals surface area contributed by atoms with Crippen molar-refractivity contribution < 1.29 is 0 Å². The Bertz CT molecular complexity index is 540. The molecular formula is C12H14ClN3S. The van der Waals surface area contributed by atoms with Crippen molar-refractivity contribution in [3.05, 3.63) is 16.6 Å². The fourth-order valence-corrected chi connectivity index (χ4v) is 3.36. The molecule has 3 nitrogen and oxygen atoms in total. The highest BCUT2D eigenvalue weighted by Crippen LogP contribution is 2.28. The van der Waals surface area contributed by atoms with Gasteiger partial charge >= 0.3 is 0 Å². The molecule has 2 aromatic heterocycles. The molecule has 1 aliphatic rings. The monoisotopic (exact) mass is 267 g/mol. The highest BCUT2D eigenvalue weighted by atomic mass is 35.5. The zero-order valence-corrected chi connectivity index (χ0v) is 11.3. The predicted molar refractivity (Wildman–Crippen MR) is 73.0 cm³/mol. The Morgan fingerprint density at radius 2 is 2.35 bits per heavy atom. The lowest BCUT2D eigenvalue weighted by atomic mass is 10.0. The summed E-state index contributed by atoms with van der Waals surface area (Å²) in [6, 6.07) is 1.98. The Hall–Kier alpha value is -0.870. The predicted octanol–water partition coefficient (Wildman–Crippen LogP) is 3.58. The van der Waals surface area contributed by atoms with Crippen LogP contribution < -0.4 is 4.90 Å². The highest BCUT2D eigenvalue weighted by Gasteiger charge is 2.19. The van der Waals surface area contributed by atoms with E-state index in [9.17, 15) is 0 Å². The molecule has 17 heavy (non-hydrogen) atoms. The van der Waals surface area contributed by atoms with Crippen LogP contribution in [0.2, 0.25) is 5.15 Å². The maximum Gasteiger partial charge on any atom is 0.228 e. The van der Waals surface area contributed by atoms with Gasteiger partial charge in [-0.2, -0.15) is 0 Å². The van der Waals surface area contributed by atoms with E-state index in [1.165, 1.54) is 12.8 Å². The Morgan fingerprint density at radius 1 is 1.47 bits per heavy atom. The number of anilines is 1. The third-order valence-electron chi connectivity index (χ3n) is 3.21. The molecule has 3 heterocycles. The number of nitrogens with zero attached hydrogens (tertiary/aromatic N) is 3. The highest BCUT2D eigenvalue weighted by molar-refractivity contribution is 7.16. The van der Waals surface area contributed by atoms with Crippen molar-refractivity contribution >= 4 is 39.1 Å². The van der Waals surface area contributed by atoms with Gasteiger partial charge in [0.1, 0.15) is 9.98 Å². The molecule has 3 rings (SSSR count). The van der Waals surface area contributed by atoms with E-state index in [-0.39, 0.29) is 0 Å². The van der Waals surface area contributed by atoms with Crippen LogP contribution in [0.1, 0.15) is 19.8 Å². The van der Waals surface area contributed by atoms with Crippen molar-refractivity contribution in [1.29, 1.82) is 0 Å². The molecule has 90 valence electrons. The van der Waals surface area contributed by atoms with Gasteiger partial charge in [0.15, 0.2) is 0 Å². The van der Waals surface area contributed by atoms with Crippen LogP contribution in [0.15, 0.2) is 11.4 Å². The van der Waals surface area contributed by atoms with Crippen LogP contribution in [0.25, 0.3) is 10.2 Å². The fourth-order valence-electron chi connectivity index (χ4n) is 2.32. The topological polar surface area (TPSA) is 29.0 Å². The molecule has 0 N–H and O–H groups in total. The molecule has 0 bridgehead atoms. The van der Waals surface area contributed by atoms with Crippen molar-refractivity contribution in [3.63, 3.8) is 0 Å². The van der Waals surface area contributed by atoms with E-state index in [1.54, 1.807) is 11.3 Å². The first-order chi connectivity index (χ1) is 8.24. The molecule has 5 heteroatoms. The third-order valence-corrected chi connectivity index (χ3v) is 4.30. The SMILES string of the molecule is CC1CCCN(c2nc(Cl)c3ccsc3n2)C1. The van der Waals surface area contributed by atoms with Crippen molar-refractivity contribution in [2.75, 3.05) is 18.0 Å². The molecule has 1 saturated heterocycles. The summed E-state index contributed by atoms with van der Waals surface area (Å²) in [6.07, 6.45) is 2.51. The zero-order valence-electron chi connectivity index (χ0n) is 9.69. The summed E-state index contributed by atoms with van der Waals surface area (Å²) in [4.78, 5) is 12.3. The second-order valence-electron chi connectivity index (χ2n) is 4.65. The lowest BCUT2D eigenvalue weighted by molar-refractivity contribution is 0.442. The summed E-state index contributed by atoms with van der Waals surface area (Å²) in [5.74, 6) is 1.50. The van der Waals surface area contributed by atoms with Crippen LogP contribution >= 0.6 is 22.9 Å². The summed E-state index contributed by atoms with van der Waals surface area (Å²) in [6.45, 7) is 4.35. The number of hydrogen-bond acceptors (Lipinski definition) is 4. The maximum absolute atomic E-state index is 6.19. The second-order valence-corrected chi connectivity index (χ2v) is 5.90. The largest absolute Gasteiger partial charge is 0.340 e. The van der Waals surface area contributed by atoms with Gasteiger partial charge in [0.25, 0.3) is 0 Å². The van der Waals surface area contributed by atoms with Gasteiger partial charge in [0.05, 0.1) is 0 Å². The number of fused-ring (bicyclic) bond motifs is 1. The molecule has 1 aliphatic heterocycles. The normalized spacial score (nSPS) is 21.1. The molecular weight excluding hydrogens is 254 g/mol. The molecule has 0 amide bonds. The molecule has 1 unspecified atom stereocenters. The summed E-state index contributed by atoms with van der Waals surface area (Å²) in [5.41, 5.74) is 0. The van der Waals surface area contributed by atoms with E-state index in [1.807, 2.05) is 11.4 Å². The van der Waals surface area contributed by atoms with Gasteiger partial charge in [0.2, 0.25) is 5.95 Å². The minimum atomic E-state index is 0.574. The van der Waals surface area contributed by atoms with Crippen molar-refractivity contribution in [3.8, 4) is 0 Å². The van der Waals surface area contributed by atoms with Crippen LogP contribution in [0, 0.1) is 5.92 Å². The van der Waals surface area contributed by atoms with Gasteiger partial charge in [-0.3, -0.25) is 0 Å². The first kappa shape index (κ1) is 11.2. The Morgan fingerprint density at radius 3 is 3.18 bits per heavy atom. The standard InChI is InChI=1S/C12H14ClN3S/c1-8-3-2-5-16(7-8)12-14-10(13)9-4-6-17-11(9)15-12/h4,6,8H,2-3,5,7H2,1H3. The molecule has 0 aliphatic carbocycles. The van der Waals surface area contributed by atoms with Crippen LogP contribution in [0.5, 0.6) is 0 Å². The van der Waals surface area contributed by atoms with Crippen LogP contribution in [0.3, 0.4) is 0 Å². The third kappa shape index (κ3) is 2.11. The van der Waals surface area contributed by atoms with Gasteiger partial charge in [0, 0.05) is 18.5 Å². The minimum absolute atomic E-state index is 0.574. The van der Waals surface area contributed by atoms with E-state index in [0.29, 0.717) is 11.1 Å². The number of thiophene rings is 1. The lowest BCUT2D eigenvalue weighted by Crippen LogP contribution is -2.35. The minimum Gasteiger partial charge on any atom is -0.340 e. The fraction of sp³-hybridized carbons (Fsp3) is 0.500. The first-order valence-corrected chi connectivity index (χ1v) is 7.15. The molecule has 0 saturated carbocycles. The van der Waals surface area contributed by atoms with E-state index >= 15 is 0 Å². The molecule has 1 atom stereocenters. The smallest absolute Gasteiger partial charge is 0.228 e. The van der Waals surface area contributed by atoms with Gasteiger partial charge in [-0.1, -0.05) is 18.5 Å². The quantitative estimate of drug-likeness (QED) is 0.740. The number of piperidine rings is 1. The van der Waals surface area contributed by atoms with Crippen LogP contribution in [-0.4, -0.2) is 23.1 Å². The van der Waals surface area contributed by atoms with Crippen LogP contribution in [0.4, 0.5) is 5.95 Å². The van der Waals surface area contributed by atoms with Crippen LogP contribution in [-0.2, 0) is 0 Å². The summed E-state index contributed by atoms with van der Waals surface area (Å²) in [7, 11) is 0. The van der Waals surface area contributed by atoms with Gasteiger partial charge in [-0.15, -0.1) is 11.3 Å². The molecule has 0 aromatic carbocycles. The Kier molecular flexibility index (Phi) is 2.92. The van der Waals surface area contributed by atoms with Gasteiger partial charge in [-0.05, 0) is 30.2 Å². The second kappa shape index (κ2) is 4.42.